The maximum Gasteiger partial charge on any atom is 0.158 e. The molecule has 0 fully saturated rings. The molecule has 0 radical (unpaired) electrons. The highest BCUT2D eigenvalue weighted by Crippen LogP contribution is 2.36. The molecule has 4 N–H and O–H groups in total. The molecule has 0 aliphatic carbocycles. The van der Waals surface area contributed by atoms with Gasteiger partial charge in [-0.15, -0.1) is 0 Å². The molecule has 0 unspecified atom stereocenters. The number of anilines is 3. The molecular weight excluding hydrogens is 673 g/mol. The summed E-state index contributed by atoms with van der Waals surface area (Å²) in [6, 6.07) is 31.7. The number of ether oxygens (including phenoxy) is 2. The Morgan fingerprint density at radius 2 is 1.30 bits per heavy atom. The lowest BCUT2D eigenvalue weighted by Crippen LogP contribution is -2.04. The SMILES string of the molecule is Nc1ccc(Oc2cccc3ncccc23)c(Cl)c1.OCCn1ccc2ncnc(Nc3ccc(Oc4cccc5ncccc45)c(Cl)c3)c21. The second-order valence-electron chi connectivity index (χ2n) is 11.0. The third kappa shape index (κ3) is 7.08. The maximum absolute atomic E-state index is 9.31. The largest absolute Gasteiger partial charge is 0.455 e. The molecule has 50 heavy (non-hydrogen) atoms. The van der Waals surface area contributed by atoms with Crippen LogP contribution in [0.15, 0.2) is 128 Å². The minimum atomic E-state index is 0.0274. The normalized spacial score (nSPS) is 10.9. The fourth-order valence-electron chi connectivity index (χ4n) is 5.38. The molecule has 0 aliphatic rings. The van der Waals surface area contributed by atoms with Gasteiger partial charge in [-0.2, -0.15) is 0 Å². The van der Waals surface area contributed by atoms with E-state index in [-0.39, 0.29) is 6.61 Å². The molecular formula is C38H29Cl2N7O3. The lowest BCUT2D eigenvalue weighted by molar-refractivity contribution is 0.278. The first kappa shape index (κ1) is 32.6. The average Bonchev–Trinajstić information content (AvgIpc) is 3.55. The van der Waals surface area contributed by atoms with Crippen LogP contribution < -0.4 is 20.5 Å². The number of nitrogens with zero attached hydrogens (tertiary/aromatic N) is 5. The van der Waals surface area contributed by atoms with Gasteiger partial charge in [-0.3, -0.25) is 9.97 Å². The Labute approximate surface area is 296 Å². The second-order valence-corrected chi connectivity index (χ2v) is 11.8. The first-order chi connectivity index (χ1) is 24.5. The number of aromatic nitrogens is 5. The highest BCUT2D eigenvalue weighted by atomic mass is 35.5. The van der Waals surface area contributed by atoms with Crippen molar-refractivity contribution in [2.45, 2.75) is 6.54 Å². The van der Waals surface area contributed by atoms with Crippen molar-refractivity contribution in [3.05, 3.63) is 138 Å². The van der Waals surface area contributed by atoms with E-state index in [1.165, 1.54) is 6.33 Å². The number of fused-ring (bicyclic) bond motifs is 3. The van der Waals surface area contributed by atoms with Crippen LogP contribution in [0.1, 0.15) is 0 Å². The Bertz CT molecular complexity index is 2440. The van der Waals surface area contributed by atoms with Crippen LogP contribution in [0.4, 0.5) is 17.2 Å². The van der Waals surface area contributed by atoms with Crippen LogP contribution in [-0.2, 0) is 6.54 Å². The summed E-state index contributed by atoms with van der Waals surface area (Å²) in [6.45, 7) is 0.485. The number of nitrogen functional groups attached to an aromatic ring is 1. The molecule has 248 valence electrons. The molecule has 4 aromatic carbocycles. The van der Waals surface area contributed by atoms with Gasteiger partial charge in [0.1, 0.15) is 34.8 Å². The Balaban J connectivity index is 0.000000176. The number of hydrogen-bond donors (Lipinski definition) is 3. The van der Waals surface area contributed by atoms with Crippen LogP contribution in [0.2, 0.25) is 10.0 Å². The molecule has 0 amide bonds. The predicted octanol–water partition coefficient (Wildman–Crippen LogP) is 9.42. The zero-order valence-corrected chi connectivity index (χ0v) is 27.9. The average molecular weight is 703 g/mol. The summed E-state index contributed by atoms with van der Waals surface area (Å²) in [6.07, 6.45) is 6.88. The van der Waals surface area contributed by atoms with Crippen LogP contribution >= 0.6 is 23.2 Å². The van der Waals surface area contributed by atoms with E-state index in [1.54, 1.807) is 36.7 Å². The van der Waals surface area contributed by atoms with Gasteiger partial charge in [0, 0.05) is 47.3 Å². The van der Waals surface area contributed by atoms with Crippen LogP contribution in [0.3, 0.4) is 0 Å². The van der Waals surface area contributed by atoms with Crippen molar-refractivity contribution in [1.82, 2.24) is 24.5 Å². The minimum Gasteiger partial charge on any atom is -0.455 e. The first-order valence-electron chi connectivity index (χ1n) is 15.5. The Hall–Kier alpha value is -5.94. The molecule has 0 saturated heterocycles. The van der Waals surface area contributed by atoms with Crippen molar-refractivity contribution in [3.8, 4) is 23.0 Å². The van der Waals surface area contributed by atoms with Gasteiger partial charge < -0.3 is 30.2 Å². The summed E-state index contributed by atoms with van der Waals surface area (Å²) in [7, 11) is 0. The molecule has 4 heterocycles. The van der Waals surface area contributed by atoms with Crippen molar-refractivity contribution in [1.29, 1.82) is 0 Å². The molecule has 4 aromatic heterocycles. The maximum atomic E-state index is 9.31. The first-order valence-corrected chi connectivity index (χ1v) is 16.3. The fourth-order valence-corrected chi connectivity index (χ4v) is 5.83. The molecule has 0 atom stereocenters. The highest BCUT2D eigenvalue weighted by molar-refractivity contribution is 6.32. The van der Waals surface area contributed by atoms with E-state index in [9.17, 15) is 5.11 Å². The van der Waals surface area contributed by atoms with Gasteiger partial charge in [0.2, 0.25) is 0 Å². The summed E-state index contributed by atoms with van der Waals surface area (Å²) in [5.41, 5.74) is 10.4. The highest BCUT2D eigenvalue weighted by Gasteiger charge is 2.12. The molecule has 0 saturated carbocycles. The number of aliphatic hydroxyl groups excluding tert-OH is 1. The lowest BCUT2D eigenvalue weighted by atomic mass is 10.2. The summed E-state index contributed by atoms with van der Waals surface area (Å²) < 4.78 is 13.8. The fraction of sp³-hybridized carbons (Fsp3) is 0.0526. The van der Waals surface area contributed by atoms with Crippen LogP contribution in [0.25, 0.3) is 32.8 Å². The molecule has 8 aromatic rings. The summed E-state index contributed by atoms with van der Waals surface area (Å²) in [5, 5.41) is 15.4. The van der Waals surface area contributed by atoms with Crippen LogP contribution in [-0.4, -0.2) is 36.2 Å². The Morgan fingerprint density at radius 1 is 0.660 bits per heavy atom. The summed E-state index contributed by atoms with van der Waals surface area (Å²) in [4.78, 5) is 17.3. The van der Waals surface area contributed by atoms with Gasteiger partial charge in [0.25, 0.3) is 0 Å². The number of benzene rings is 4. The molecule has 0 aliphatic heterocycles. The minimum absolute atomic E-state index is 0.0274. The van der Waals surface area contributed by atoms with Crippen LogP contribution in [0, 0.1) is 0 Å². The molecule has 10 nitrogen and oxygen atoms in total. The van der Waals surface area contributed by atoms with E-state index in [4.69, 9.17) is 38.4 Å². The summed E-state index contributed by atoms with van der Waals surface area (Å²) in [5.74, 6) is 3.16. The molecule has 0 spiro atoms. The number of rotatable bonds is 8. The van der Waals surface area contributed by atoms with E-state index in [1.807, 2.05) is 89.6 Å². The number of aliphatic hydroxyl groups is 1. The lowest BCUT2D eigenvalue weighted by Gasteiger charge is -2.13. The van der Waals surface area contributed by atoms with Gasteiger partial charge in [0.15, 0.2) is 5.82 Å². The van der Waals surface area contributed by atoms with Crippen molar-refractivity contribution in [2.24, 2.45) is 0 Å². The smallest absolute Gasteiger partial charge is 0.158 e. The molecule has 8 rings (SSSR count). The quantitative estimate of drug-likeness (QED) is 0.132. The topological polar surface area (TPSA) is 133 Å². The van der Waals surface area contributed by atoms with E-state index in [0.29, 0.717) is 45.3 Å². The molecule has 12 heteroatoms. The van der Waals surface area contributed by atoms with Crippen molar-refractivity contribution >= 4 is 73.2 Å². The van der Waals surface area contributed by atoms with E-state index in [0.717, 1.165) is 44.3 Å². The zero-order valence-electron chi connectivity index (χ0n) is 26.4. The predicted molar refractivity (Wildman–Crippen MR) is 199 cm³/mol. The van der Waals surface area contributed by atoms with Crippen LogP contribution in [0.5, 0.6) is 23.0 Å². The number of hydrogen-bond acceptors (Lipinski definition) is 9. The third-order valence-electron chi connectivity index (χ3n) is 7.69. The summed E-state index contributed by atoms with van der Waals surface area (Å²) >= 11 is 12.6. The number of halogens is 2. The van der Waals surface area contributed by atoms with Gasteiger partial charge in [0.05, 0.1) is 33.2 Å². The van der Waals surface area contributed by atoms with E-state index < -0.39 is 0 Å². The van der Waals surface area contributed by atoms with Crippen molar-refractivity contribution in [3.63, 3.8) is 0 Å². The second kappa shape index (κ2) is 14.7. The van der Waals surface area contributed by atoms with Gasteiger partial charge in [-0.1, -0.05) is 35.3 Å². The van der Waals surface area contributed by atoms with Crippen molar-refractivity contribution in [2.75, 3.05) is 17.7 Å². The number of pyridine rings is 2. The van der Waals surface area contributed by atoms with E-state index >= 15 is 0 Å². The zero-order chi connectivity index (χ0) is 34.5. The van der Waals surface area contributed by atoms with E-state index in [2.05, 4.69) is 25.3 Å². The Kier molecular flexibility index (Phi) is 9.56. The van der Waals surface area contributed by atoms with Gasteiger partial charge in [-0.05, 0) is 91.0 Å². The monoisotopic (exact) mass is 701 g/mol. The molecule has 0 bridgehead atoms. The Morgan fingerprint density at radius 3 is 1.92 bits per heavy atom. The van der Waals surface area contributed by atoms with Crippen molar-refractivity contribution < 1.29 is 14.6 Å². The third-order valence-corrected chi connectivity index (χ3v) is 8.28. The van der Waals surface area contributed by atoms with Gasteiger partial charge >= 0.3 is 0 Å². The standard InChI is InChI=1S/C23H18ClN5O2.C15H11ClN2O/c24-17-13-15(28-23-22-19(26-14-27-23)8-10-29(22)11-12-30)6-7-21(17)31-20-5-1-4-18-16(20)3-2-9-25-18;16-12-9-10(17)6-7-15(12)19-14-5-1-4-13-11(14)3-2-8-18-13/h1-10,13-14,30H,11-12H2,(H,26,27,28);1-9H,17H2. The number of nitrogens with two attached hydrogens (primary N) is 1. The van der Waals surface area contributed by atoms with Gasteiger partial charge in [-0.25, -0.2) is 9.97 Å². The number of nitrogens with one attached hydrogen (secondary N) is 1.